The summed E-state index contributed by atoms with van der Waals surface area (Å²) >= 11 is 6.22. The topological polar surface area (TPSA) is 32.8 Å². The predicted octanol–water partition coefficient (Wildman–Crippen LogP) is 6.05. The van der Waals surface area contributed by atoms with Gasteiger partial charge in [-0.1, -0.05) is 35.9 Å². The third kappa shape index (κ3) is 6.14. The maximum Gasteiger partial charge on any atom is 0.410 e. The van der Waals surface area contributed by atoms with Crippen LogP contribution in [-0.2, 0) is 11.3 Å². The molecule has 2 aromatic rings. The number of amides is 1. The van der Waals surface area contributed by atoms with Crippen LogP contribution in [0, 0.1) is 6.92 Å². The minimum Gasteiger partial charge on any atom is -0.444 e. The number of likely N-dealkylation sites (tertiary alicyclic amines) is 1. The number of aryl methyl sites for hydroxylation is 1. The molecule has 0 bridgehead atoms. The zero-order valence-corrected chi connectivity index (χ0v) is 18.6. The van der Waals surface area contributed by atoms with E-state index in [2.05, 4.69) is 42.2 Å². The van der Waals surface area contributed by atoms with E-state index < -0.39 is 5.60 Å². The predicted molar refractivity (Wildman–Crippen MR) is 120 cm³/mol. The molecule has 4 nitrogen and oxygen atoms in total. The van der Waals surface area contributed by atoms with E-state index in [-0.39, 0.29) is 6.09 Å². The maximum atomic E-state index is 12.4. The Balaban J connectivity index is 1.74. The van der Waals surface area contributed by atoms with Crippen LogP contribution in [0.15, 0.2) is 48.5 Å². The van der Waals surface area contributed by atoms with Crippen LogP contribution in [0.5, 0.6) is 0 Å². The molecule has 156 valence electrons. The molecule has 1 heterocycles. The second-order valence-corrected chi connectivity index (χ2v) is 9.23. The Morgan fingerprint density at radius 3 is 2.45 bits per heavy atom. The summed E-state index contributed by atoms with van der Waals surface area (Å²) in [5, 5.41) is 0.756. The van der Waals surface area contributed by atoms with E-state index in [1.807, 2.05) is 43.9 Å². The van der Waals surface area contributed by atoms with E-state index >= 15 is 0 Å². The van der Waals surface area contributed by atoms with Gasteiger partial charge in [-0.3, -0.25) is 0 Å². The van der Waals surface area contributed by atoms with Crippen LogP contribution in [0.1, 0.15) is 44.7 Å². The summed E-state index contributed by atoms with van der Waals surface area (Å²) in [5.41, 5.74) is 3.17. The standard InChI is InChI=1S/C24H31ClN2O2/c1-18-7-5-10-22(15-18)27(17-19-8-6-9-20(25)16-19)21-11-13-26(14-12-21)23(28)29-24(2,3)4/h5-10,15-16,21H,11-14,17H2,1-4H3. The van der Waals surface area contributed by atoms with Crippen LogP contribution in [-0.4, -0.2) is 35.7 Å². The maximum absolute atomic E-state index is 12.4. The van der Waals surface area contributed by atoms with Gasteiger partial charge in [0.15, 0.2) is 0 Å². The highest BCUT2D eigenvalue weighted by Gasteiger charge is 2.30. The summed E-state index contributed by atoms with van der Waals surface area (Å²) in [7, 11) is 0. The zero-order chi connectivity index (χ0) is 21.0. The summed E-state index contributed by atoms with van der Waals surface area (Å²) in [5.74, 6) is 0. The van der Waals surface area contributed by atoms with Gasteiger partial charge in [0, 0.05) is 36.4 Å². The fourth-order valence-electron chi connectivity index (χ4n) is 3.76. The van der Waals surface area contributed by atoms with Crippen molar-refractivity contribution in [2.75, 3.05) is 18.0 Å². The molecule has 0 N–H and O–H groups in total. The molecule has 1 saturated heterocycles. The zero-order valence-electron chi connectivity index (χ0n) is 17.8. The molecule has 1 amide bonds. The molecule has 1 aliphatic heterocycles. The quantitative estimate of drug-likeness (QED) is 0.610. The molecule has 1 fully saturated rings. The number of hydrogen-bond donors (Lipinski definition) is 0. The lowest BCUT2D eigenvalue weighted by Crippen LogP contribution is -2.48. The number of ether oxygens (including phenoxy) is 1. The lowest BCUT2D eigenvalue weighted by molar-refractivity contribution is 0.0204. The van der Waals surface area contributed by atoms with Crippen molar-refractivity contribution >= 4 is 23.4 Å². The van der Waals surface area contributed by atoms with Crippen LogP contribution in [0.2, 0.25) is 5.02 Å². The third-order valence-electron chi connectivity index (χ3n) is 5.13. The number of rotatable bonds is 4. The van der Waals surface area contributed by atoms with Crippen LogP contribution in [0.3, 0.4) is 0 Å². The van der Waals surface area contributed by atoms with Crippen molar-refractivity contribution in [3.8, 4) is 0 Å². The summed E-state index contributed by atoms with van der Waals surface area (Å²) in [4.78, 5) is 16.7. The van der Waals surface area contributed by atoms with Crippen molar-refractivity contribution in [3.05, 3.63) is 64.7 Å². The second-order valence-electron chi connectivity index (χ2n) is 8.80. The monoisotopic (exact) mass is 414 g/mol. The van der Waals surface area contributed by atoms with Crippen molar-refractivity contribution < 1.29 is 9.53 Å². The Hall–Kier alpha value is -2.20. The van der Waals surface area contributed by atoms with E-state index in [9.17, 15) is 4.79 Å². The molecule has 5 heteroatoms. The highest BCUT2D eigenvalue weighted by molar-refractivity contribution is 6.30. The fraction of sp³-hybridized carbons (Fsp3) is 0.458. The second kappa shape index (κ2) is 9.08. The van der Waals surface area contributed by atoms with Gasteiger partial charge in [0.25, 0.3) is 0 Å². The van der Waals surface area contributed by atoms with Crippen LogP contribution >= 0.6 is 11.6 Å². The average molecular weight is 415 g/mol. The molecular formula is C24H31ClN2O2. The number of carbonyl (C=O) groups excluding carboxylic acids is 1. The van der Waals surface area contributed by atoms with Gasteiger partial charge in [-0.25, -0.2) is 4.79 Å². The molecule has 1 aliphatic rings. The molecule has 29 heavy (non-hydrogen) atoms. The summed E-state index contributed by atoms with van der Waals surface area (Å²) in [6.45, 7) is 10.0. The largest absolute Gasteiger partial charge is 0.444 e. The first-order chi connectivity index (χ1) is 13.7. The summed E-state index contributed by atoms with van der Waals surface area (Å²) in [6.07, 6.45) is 1.61. The van der Waals surface area contributed by atoms with Crippen molar-refractivity contribution in [2.24, 2.45) is 0 Å². The Morgan fingerprint density at radius 1 is 1.14 bits per heavy atom. The smallest absolute Gasteiger partial charge is 0.410 e. The Bertz CT molecular complexity index is 839. The van der Waals surface area contributed by atoms with E-state index in [4.69, 9.17) is 16.3 Å². The highest BCUT2D eigenvalue weighted by atomic mass is 35.5. The number of benzene rings is 2. The van der Waals surface area contributed by atoms with Crippen molar-refractivity contribution in [1.29, 1.82) is 0 Å². The van der Waals surface area contributed by atoms with E-state index in [0.29, 0.717) is 19.1 Å². The van der Waals surface area contributed by atoms with Crippen LogP contribution < -0.4 is 4.90 Å². The lowest BCUT2D eigenvalue weighted by Gasteiger charge is -2.40. The first-order valence-electron chi connectivity index (χ1n) is 10.3. The number of nitrogens with zero attached hydrogens (tertiary/aromatic N) is 2. The first kappa shape index (κ1) is 21.5. The highest BCUT2D eigenvalue weighted by Crippen LogP contribution is 2.28. The molecular weight excluding hydrogens is 384 g/mol. The molecule has 0 aliphatic carbocycles. The normalized spacial score (nSPS) is 15.3. The molecule has 3 rings (SSSR count). The number of anilines is 1. The van der Waals surface area contributed by atoms with Crippen molar-refractivity contribution in [3.63, 3.8) is 0 Å². The number of hydrogen-bond acceptors (Lipinski definition) is 3. The molecule has 0 saturated carbocycles. The average Bonchev–Trinajstić information content (AvgIpc) is 2.65. The first-order valence-corrected chi connectivity index (χ1v) is 10.6. The SMILES string of the molecule is Cc1cccc(N(Cc2cccc(Cl)c2)C2CCN(C(=O)OC(C)(C)C)CC2)c1. The summed E-state index contributed by atoms with van der Waals surface area (Å²) < 4.78 is 5.54. The molecule has 0 spiro atoms. The van der Waals surface area contributed by atoms with E-state index in [1.165, 1.54) is 16.8 Å². The summed E-state index contributed by atoms with van der Waals surface area (Å²) in [6, 6.07) is 17.0. The van der Waals surface area contributed by atoms with Gasteiger partial charge in [0.2, 0.25) is 0 Å². The molecule has 0 atom stereocenters. The van der Waals surface area contributed by atoms with Crippen LogP contribution in [0.4, 0.5) is 10.5 Å². The minimum atomic E-state index is -0.464. The third-order valence-corrected chi connectivity index (χ3v) is 5.37. The van der Waals surface area contributed by atoms with Gasteiger partial charge in [-0.15, -0.1) is 0 Å². The van der Waals surface area contributed by atoms with E-state index in [0.717, 1.165) is 24.4 Å². The van der Waals surface area contributed by atoms with Gasteiger partial charge in [-0.05, 0) is 75.9 Å². The van der Waals surface area contributed by atoms with Gasteiger partial charge in [0.05, 0.1) is 0 Å². The number of halogens is 1. The number of piperidine rings is 1. The van der Waals surface area contributed by atoms with Crippen molar-refractivity contribution in [1.82, 2.24) is 4.90 Å². The number of carbonyl (C=O) groups is 1. The fourth-order valence-corrected chi connectivity index (χ4v) is 3.97. The molecule has 2 aromatic carbocycles. The molecule has 0 aromatic heterocycles. The Morgan fingerprint density at radius 2 is 1.83 bits per heavy atom. The van der Waals surface area contributed by atoms with Gasteiger partial charge >= 0.3 is 6.09 Å². The van der Waals surface area contributed by atoms with Crippen LogP contribution in [0.25, 0.3) is 0 Å². The minimum absolute atomic E-state index is 0.215. The van der Waals surface area contributed by atoms with Gasteiger partial charge in [-0.2, -0.15) is 0 Å². The van der Waals surface area contributed by atoms with Gasteiger partial charge < -0.3 is 14.5 Å². The molecule has 0 unspecified atom stereocenters. The Kier molecular flexibility index (Phi) is 6.74. The van der Waals surface area contributed by atoms with Crippen molar-refractivity contribution in [2.45, 2.75) is 58.7 Å². The molecule has 0 radical (unpaired) electrons. The van der Waals surface area contributed by atoms with Gasteiger partial charge in [0.1, 0.15) is 5.60 Å². The Labute approximate surface area is 179 Å². The lowest BCUT2D eigenvalue weighted by atomic mass is 10.0. The van der Waals surface area contributed by atoms with E-state index in [1.54, 1.807) is 0 Å².